The lowest BCUT2D eigenvalue weighted by atomic mass is 10.3. The number of nitrogens with zero attached hydrogens (tertiary/aromatic N) is 2. The van der Waals surface area contributed by atoms with Gasteiger partial charge in [0.2, 0.25) is 5.91 Å². The molecule has 0 saturated carbocycles. The molecule has 0 aliphatic carbocycles. The third kappa shape index (κ3) is 4.47. The van der Waals surface area contributed by atoms with Crippen molar-refractivity contribution in [2.45, 2.75) is 5.16 Å². The van der Waals surface area contributed by atoms with Crippen LogP contribution in [0.15, 0.2) is 34.3 Å². The number of hydrogen-bond donors (Lipinski definition) is 2. The normalized spacial score (nSPS) is 10.2. The maximum Gasteiger partial charge on any atom is 0.270 e. The number of H-pyrrole nitrogens is 1. The Morgan fingerprint density at radius 3 is 3.00 bits per heavy atom. The third-order valence-corrected chi connectivity index (χ3v) is 3.49. The molecular formula is C12H11ClN4O3S. The molecule has 0 saturated heterocycles. The van der Waals surface area contributed by atoms with Crippen LogP contribution in [0, 0.1) is 0 Å². The van der Waals surface area contributed by atoms with Gasteiger partial charge in [0, 0.05) is 5.69 Å². The number of hydrogen-bond acceptors (Lipinski definition) is 6. The van der Waals surface area contributed by atoms with Crippen LogP contribution in [0.2, 0.25) is 5.02 Å². The summed E-state index contributed by atoms with van der Waals surface area (Å²) in [4.78, 5) is 25.3. The Balaban J connectivity index is 1.93. The van der Waals surface area contributed by atoms with Gasteiger partial charge in [-0.2, -0.15) is 5.10 Å². The van der Waals surface area contributed by atoms with E-state index in [1.54, 1.807) is 18.2 Å². The molecule has 110 valence electrons. The van der Waals surface area contributed by atoms with Crippen LogP contribution in [0.1, 0.15) is 0 Å². The minimum atomic E-state index is -0.366. The Bertz CT molecular complexity index is 707. The molecular weight excluding hydrogens is 316 g/mol. The summed E-state index contributed by atoms with van der Waals surface area (Å²) in [5.41, 5.74) is 0.189. The highest BCUT2D eigenvalue weighted by Crippen LogP contribution is 2.27. The van der Waals surface area contributed by atoms with Crippen molar-refractivity contribution < 1.29 is 9.53 Å². The number of rotatable bonds is 5. The Morgan fingerprint density at radius 2 is 2.33 bits per heavy atom. The van der Waals surface area contributed by atoms with E-state index in [4.69, 9.17) is 16.3 Å². The fourth-order valence-electron chi connectivity index (χ4n) is 1.44. The quantitative estimate of drug-likeness (QED) is 0.809. The Hall–Kier alpha value is -2.06. The third-order valence-electron chi connectivity index (χ3n) is 2.33. The van der Waals surface area contributed by atoms with E-state index >= 15 is 0 Å². The molecule has 0 unspecified atom stereocenters. The molecule has 0 aliphatic heterocycles. The second-order valence-corrected chi connectivity index (χ2v) is 5.20. The van der Waals surface area contributed by atoms with E-state index in [1.807, 2.05) is 0 Å². The van der Waals surface area contributed by atoms with Crippen molar-refractivity contribution in [3.05, 3.63) is 39.8 Å². The number of carbonyl (C=O) groups excluding carboxylic acids is 1. The van der Waals surface area contributed by atoms with Crippen molar-refractivity contribution in [3.63, 3.8) is 0 Å². The average molecular weight is 327 g/mol. The summed E-state index contributed by atoms with van der Waals surface area (Å²) in [6.07, 6.45) is 1.06. The number of benzene rings is 1. The van der Waals surface area contributed by atoms with Gasteiger partial charge < -0.3 is 10.1 Å². The molecule has 1 amide bonds. The molecule has 2 N–H and O–H groups in total. The fourth-order valence-corrected chi connectivity index (χ4v) is 2.31. The van der Waals surface area contributed by atoms with E-state index in [0.717, 1.165) is 18.0 Å². The minimum absolute atomic E-state index is 0.0816. The zero-order valence-electron chi connectivity index (χ0n) is 10.9. The predicted octanol–water partition coefficient (Wildman–Crippen LogP) is 1.56. The van der Waals surface area contributed by atoms with Gasteiger partial charge in [0.15, 0.2) is 5.16 Å². The largest absolute Gasteiger partial charge is 0.495 e. The van der Waals surface area contributed by atoms with Crippen LogP contribution in [0.5, 0.6) is 5.75 Å². The number of aromatic nitrogens is 3. The van der Waals surface area contributed by atoms with Crippen LogP contribution < -0.4 is 15.6 Å². The van der Waals surface area contributed by atoms with E-state index in [9.17, 15) is 9.59 Å². The van der Waals surface area contributed by atoms with Crippen LogP contribution in [-0.2, 0) is 4.79 Å². The first kappa shape index (κ1) is 15.3. The number of anilines is 1. The zero-order valence-corrected chi connectivity index (χ0v) is 12.5. The second kappa shape index (κ2) is 7.09. The van der Waals surface area contributed by atoms with Gasteiger partial charge in [0.05, 0.1) is 17.9 Å². The Labute approximate surface area is 129 Å². The Kier molecular flexibility index (Phi) is 5.18. The summed E-state index contributed by atoms with van der Waals surface area (Å²) < 4.78 is 5.02. The average Bonchev–Trinajstić information content (AvgIpc) is 2.45. The van der Waals surface area contributed by atoms with E-state index < -0.39 is 0 Å². The van der Waals surface area contributed by atoms with Gasteiger partial charge in [-0.1, -0.05) is 23.4 Å². The van der Waals surface area contributed by atoms with Gasteiger partial charge in [-0.15, -0.1) is 5.10 Å². The SMILES string of the molecule is COc1ccc(NC(=O)CSc2nncc(=O)[nH]2)cc1Cl. The zero-order chi connectivity index (χ0) is 15.2. The van der Waals surface area contributed by atoms with Crippen molar-refractivity contribution in [2.75, 3.05) is 18.2 Å². The highest BCUT2D eigenvalue weighted by Gasteiger charge is 2.07. The van der Waals surface area contributed by atoms with Crippen LogP contribution in [-0.4, -0.2) is 34.0 Å². The first-order chi connectivity index (χ1) is 10.1. The molecule has 0 bridgehead atoms. The van der Waals surface area contributed by atoms with Crippen LogP contribution >= 0.6 is 23.4 Å². The number of halogens is 1. The molecule has 21 heavy (non-hydrogen) atoms. The molecule has 0 spiro atoms. The summed E-state index contributed by atoms with van der Waals surface area (Å²) >= 11 is 7.04. The van der Waals surface area contributed by atoms with Crippen molar-refractivity contribution in [1.29, 1.82) is 0 Å². The Morgan fingerprint density at radius 1 is 1.52 bits per heavy atom. The van der Waals surface area contributed by atoms with Gasteiger partial charge in [-0.25, -0.2) is 0 Å². The van der Waals surface area contributed by atoms with Crippen LogP contribution in [0.3, 0.4) is 0 Å². The van der Waals surface area contributed by atoms with Gasteiger partial charge >= 0.3 is 0 Å². The number of amides is 1. The molecule has 1 aromatic carbocycles. The number of aromatic amines is 1. The number of nitrogens with one attached hydrogen (secondary N) is 2. The van der Waals surface area contributed by atoms with E-state index in [-0.39, 0.29) is 22.4 Å². The number of thioether (sulfide) groups is 1. The van der Waals surface area contributed by atoms with Crippen LogP contribution in [0.4, 0.5) is 5.69 Å². The minimum Gasteiger partial charge on any atom is -0.495 e. The number of carbonyl (C=O) groups is 1. The topological polar surface area (TPSA) is 97.0 Å². The molecule has 2 rings (SSSR count). The molecule has 0 radical (unpaired) electrons. The first-order valence-corrected chi connectivity index (χ1v) is 7.13. The van der Waals surface area contributed by atoms with Crippen LogP contribution in [0.25, 0.3) is 0 Å². The molecule has 1 heterocycles. The molecule has 0 aliphatic rings. The molecule has 0 atom stereocenters. The van der Waals surface area contributed by atoms with E-state index in [0.29, 0.717) is 16.5 Å². The van der Waals surface area contributed by atoms with Gasteiger partial charge in [0.1, 0.15) is 11.9 Å². The standard InChI is InChI=1S/C12H11ClN4O3S/c1-20-9-3-2-7(4-8(9)13)15-11(19)6-21-12-16-10(18)5-14-17-12/h2-5H,6H2,1H3,(H,15,19)(H,16,17,18). The lowest BCUT2D eigenvalue weighted by molar-refractivity contribution is -0.113. The summed E-state index contributed by atoms with van der Waals surface area (Å²) in [5, 5.41) is 10.6. The number of methoxy groups -OCH3 is 1. The second-order valence-electron chi connectivity index (χ2n) is 3.83. The summed E-state index contributed by atoms with van der Waals surface area (Å²) in [7, 11) is 1.51. The summed E-state index contributed by atoms with van der Waals surface area (Å²) in [6, 6.07) is 4.93. The molecule has 1 aromatic heterocycles. The monoisotopic (exact) mass is 326 g/mol. The lowest BCUT2D eigenvalue weighted by Crippen LogP contribution is -2.15. The summed E-state index contributed by atoms with van der Waals surface area (Å²) in [6.45, 7) is 0. The van der Waals surface area contributed by atoms with E-state index in [1.165, 1.54) is 7.11 Å². The van der Waals surface area contributed by atoms with Crippen molar-refractivity contribution in [1.82, 2.24) is 15.2 Å². The fraction of sp³-hybridized carbons (Fsp3) is 0.167. The predicted molar refractivity (Wildman–Crippen MR) is 80.0 cm³/mol. The molecule has 2 aromatic rings. The highest BCUT2D eigenvalue weighted by molar-refractivity contribution is 7.99. The first-order valence-electron chi connectivity index (χ1n) is 5.76. The van der Waals surface area contributed by atoms with Crippen molar-refractivity contribution in [2.24, 2.45) is 0 Å². The van der Waals surface area contributed by atoms with Gasteiger partial charge in [0.25, 0.3) is 5.56 Å². The molecule has 7 nitrogen and oxygen atoms in total. The molecule has 9 heteroatoms. The summed E-state index contributed by atoms with van der Waals surface area (Å²) in [5.74, 6) is 0.354. The molecule has 0 fully saturated rings. The number of ether oxygens (including phenoxy) is 1. The maximum atomic E-state index is 11.8. The van der Waals surface area contributed by atoms with Gasteiger partial charge in [-0.3, -0.25) is 14.6 Å². The van der Waals surface area contributed by atoms with Crippen molar-refractivity contribution in [3.8, 4) is 5.75 Å². The van der Waals surface area contributed by atoms with E-state index in [2.05, 4.69) is 20.5 Å². The maximum absolute atomic E-state index is 11.8. The lowest BCUT2D eigenvalue weighted by Gasteiger charge is -2.07. The highest BCUT2D eigenvalue weighted by atomic mass is 35.5. The van der Waals surface area contributed by atoms with Gasteiger partial charge in [-0.05, 0) is 18.2 Å². The smallest absolute Gasteiger partial charge is 0.270 e. The van der Waals surface area contributed by atoms with Crippen molar-refractivity contribution >= 4 is 35.0 Å².